The van der Waals surface area contributed by atoms with Crippen LogP contribution in [0.15, 0.2) is 24.3 Å². The van der Waals surface area contributed by atoms with Crippen molar-refractivity contribution in [2.45, 2.75) is 32.6 Å². The highest BCUT2D eigenvalue weighted by Crippen LogP contribution is 2.32. The molecule has 1 N–H and O–H groups in total. The maximum Gasteiger partial charge on any atom is 0.167 e. The number of Topliss-reactive ketones (excluding diaryl/α,β-unsaturated/α-hetero) is 1. The zero-order valence-corrected chi connectivity index (χ0v) is 10.7. The molecule has 1 aliphatic carbocycles. The number of nitrogens with one attached hydrogen (secondary N) is 1. The topological polar surface area (TPSA) is 45.8 Å². The molecule has 0 spiro atoms. The smallest absolute Gasteiger partial charge is 0.167 e. The number of nitrogens with zero attached hydrogens (tertiary/aromatic N) is 1. The van der Waals surface area contributed by atoms with E-state index in [1.54, 1.807) is 0 Å². The summed E-state index contributed by atoms with van der Waals surface area (Å²) in [5, 5.41) is 7.17. The number of aryl methyl sites for hydroxylation is 2. The van der Waals surface area contributed by atoms with E-state index in [4.69, 9.17) is 0 Å². The number of aromatic amines is 1. The SMILES string of the molecule is Cc1ccc([C@H]2CC(=O)c3c(n[nH]c3C)C2)cc1. The molecular formula is C15H16N2O. The van der Waals surface area contributed by atoms with Crippen LogP contribution in [0.5, 0.6) is 0 Å². The summed E-state index contributed by atoms with van der Waals surface area (Å²) in [6.07, 6.45) is 1.45. The molecule has 18 heavy (non-hydrogen) atoms. The Balaban J connectivity index is 1.94. The summed E-state index contributed by atoms with van der Waals surface area (Å²) in [6, 6.07) is 8.45. The van der Waals surface area contributed by atoms with Gasteiger partial charge in [0.25, 0.3) is 0 Å². The molecular weight excluding hydrogens is 224 g/mol. The molecule has 0 unspecified atom stereocenters. The average molecular weight is 240 g/mol. The van der Waals surface area contributed by atoms with E-state index >= 15 is 0 Å². The second-order valence-corrected chi connectivity index (χ2v) is 5.11. The molecule has 2 aromatic rings. The average Bonchev–Trinajstić information content (AvgIpc) is 2.72. The van der Waals surface area contributed by atoms with Crippen molar-refractivity contribution in [1.82, 2.24) is 10.2 Å². The molecule has 0 radical (unpaired) electrons. The predicted octanol–water partition coefficient (Wildman–Crippen LogP) is 2.94. The van der Waals surface area contributed by atoms with Gasteiger partial charge in [-0.2, -0.15) is 5.10 Å². The first-order chi connectivity index (χ1) is 8.65. The Labute approximate surface area is 106 Å². The van der Waals surface area contributed by atoms with Crippen LogP contribution in [0.25, 0.3) is 0 Å². The second kappa shape index (κ2) is 4.09. The minimum atomic E-state index is 0.216. The molecule has 1 aromatic heterocycles. The zero-order valence-electron chi connectivity index (χ0n) is 10.7. The molecule has 0 aliphatic heterocycles. The van der Waals surface area contributed by atoms with E-state index in [2.05, 4.69) is 41.4 Å². The Kier molecular flexibility index (Phi) is 2.54. The minimum Gasteiger partial charge on any atom is -0.294 e. The van der Waals surface area contributed by atoms with Crippen LogP contribution in [0.4, 0.5) is 0 Å². The van der Waals surface area contributed by atoms with Crippen molar-refractivity contribution in [2.24, 2.45) is 0 Å². The lowest BCUT2D eigenvalue weighted by molar-refractivity contribution is 0.0963. The molecule has 92 valence electrons. The van der Waals surface area contributed by atoms with E-state index in [1.165, 1.54) is 11.1 Å². The van der Waals surface area contributed by atoms with Crippen molar-refractivity contribution >= 4 is 5.78 Å². The predicted molar refractivity (Wildman–Crippen MR) is 69.9 cm³/mol. The van der Waals surface area contributed by atoms with Gasteiger partial charge in [-0.15, -0.1) is 0 Å². The van der Waals surface area contributed by atoms with Gasteiger partial charge in [-0.05, 0) is 31.7 Å². The summed E-state index contributed by atoms with van der Waals surface area (Å²) in [4.78, 5) is 12.2. The van der Waals surface area contributed by atoms with Gasteiger partial charge in [0.1, 0.15) is 0 Å². The number of H-pyrrole nitrogens is 1. The first-order valence-corrected chi connectivity index (χ1v) is 6.28. The Hall–Kier alpha value is -1.90. The van der Waals surface area contributed by atoms with Crippen LogP contribution in [0, 0.1) is 13.8 Å². The van der Waals surface area contributed by atoms with Crippen molar-refractivity contribution in [1.29, 1.82) is 0 Å². The van der Waals surface area contributed by atoms with Crippen molar-refractivity contribution in [3.8, 4) is 0 Å². The number of aromatic nitrogens is 2. The monoisotopic (exact) mass is 240 g/mol. The Morgan fingerprint density at radius 1 is 1.17 bits per heavy atom. The Bertz CT molecular complexity index is 595. The molecule has 3 heteroatoms. The van der Waals surface area contributed by atoms with Crippen LogP contribution in [0.2, 0.25) is 0 Å². The van der Waals surface area contributed by atoms with Crippen LogP contribution in [-0.4, -0.2) is 16.0 Å². The standard InChI is InChI=1S/C15H16N2O/c1-9-3-5-11(6-4-9)12-7-13-15(14(18)8-12)10(2)16-17-13/h3-6,12H,7-8H2,1-2H3,(H,16,17)/t12-/m1/s1. The lowest BCUT2D eigenvalue weighted by Crippen LogP contribution is -2.18. The number of carbonyl (C=O) groups excluding carboxylic acids is 1. The van der Waals surface area contributed by atoms with Gasteiger partial charge in [0, 0.05) is 12.1 Å². The number of fused-ring (bicyclic) bond motifs is 1. The van der Waals surface area contributed by atoms with E-state index in [9.17, 15) is 4.79 Å². The van der Waals surface area contributed by atoms with Gasteiger partial charge in [-0.25, -0.2) is 0 Å². The summed E-state index contributed by atoms with van der Waals surface area (Å²) in [6.45, 7) is 3.99. The minimum absolute atomic E-state index is 0.216. The van der Waals surface area contributed by atoms with Gasteiger partial charge in [0.2, 0.25) is 0 Å². The molecule has 0 bridgehead atoms. The lowest BCUT2D eigenvalue weighted by Gasteiger charge is -2.21. The highest BCUT2D eigenvalue weighted by Gasteiger charge is 2.29. The molecule has 3 nitrogen and oxygen atoms in total. The highest BCUT2D eigenvalue weighted by atomic mass is 16.1. The molecule has 0 fully saturated rings. The molecule has 0 saturated heterocycles. The third-order valence-corrected chi connectivity index (χ3v) is 3.72. The molecule has 3 rings (SSSR count). The molecule has 1 aliphatic rings. The van der Waals surface area contributed by atoms with E-state index in [-0.39, 0.29) is 11.7 Å². The van der Waals surface area contributed by atoms with Gasteiger partial charge < -0.3 is 0 Å². The van der Waals surface area contributed by atoms with Crippen molar-refractivity contribution in [2.75, 3.05) is 0 Å². The van der Waals surface area contributed by atoms with E-state index < -0.39 is 0 Å². The largest absolute Gasteiger partial charge is 0.294 e. The fourth-order valence-corrected chi connectivity index (χ4v) is 2.70. The molecule has 0 saturated carbocycles. The van der Waals surface area contributed by atoms with Crippen molar-refractivity contribution in [3.63, 3.8) is 0 Å². The lowest BCUT2D eigenvalue weighted by atomic mass is 9.81. The van der Waals surface area contributed by atoms with Gasteiger partial charge in [-0.3, -0.25) is 9.89 Å². The molecule has 1 aromatic carbocycles. The number of carbonyl (C=O) groups is 1. The van der Waals surface area contributed by atoms with E-state index in [0.29, 0.717) is 6.42 Å². The molecule has 1 atom stereocenters. The van der Waals surface area contributed by atoms with Crippen molar-refractivity contribution in [3.05, 3.63) is 52.3 Å². The number of rotatable bonds is 1. The summed E-state index contributed by atoms with van der Waals surface area (Å²) in [7, 11) is 0. The van der Waals surface area contributed by atoms with E-state index in [0.717, 1.165) is 23.4 Å². The zero-order chi connectivity index (χ0) is 12.7. The van der Waals surface area contributed by atoms with Gasteiger partial charge in [0.05, 0.1) is 11.3 Å². The van der Waals surface area contributed by atoms with Crippen molar-refractivity contribution < 1.29 is 4.79 Å². The summed E-state index contributed by atoms with van der Waals surface area (Å²) >= 11 is 0. The maximum atomic E-state index is 12.2. The quantitative estimate of drug-likeness (QED) is 0.833. The summed E-state index contributed by atoms with van der Waals surface area (Å²) in [5.41, 5.74) is 5.13. The number of hydrogen-bond donors (Lipinski definition) is 1. The molecule has 0 amide bonds. The number of benzene rings is 1. The fourth-order valence-electron chi connectivity index (χ4n) is 2.70. The van der Waals surface area contributed by atoms with Gasteiger partial charge >= 0.3 is 0 Å². The first kappa shape index (κ1) is 11.2. The third-order valence-electron chi connectivity index (χ3n) is 3.72. The van der Waals surface area contributed by atoms with Crippen LogP contribution in [0.3, 0.4) is 0 Å². The molecule has 1 heterocycles. The summed E-state index contributed by atoms with van der Waals surface area (Å²) < 4.78 is 0. The number of hydrogen-bond acceptors (Lipinski definition) is 2. The van der Waals surface area contributed by atoms with Crippen LogP contribution >= 0.6 is 0 Å². The second-order valence-electron chi connectivity index (χ2n) is 5.11. The fraction of sp³-hybridized carbons (Fsp3) is 0.333. The number of ketones is 1. The van der Waals surface area contributed by atoms with Crippen LogP contribution in [-0.2, 0) is 6.42 Å². The normalized spacial score (nSPS) is 18.8. The summed E-state index contributed by atoms with van der Waals surface area (Å²) in [5.74, 6) is 0.487. The van der Waals surface area contributed by atoms with E-state index in [1.807, 2.05) is 6.92 Å². The maximum absolute atomic E-state index is 12.2. The van der Waals surface area contributed by atoms with Crippen LogP contribution in [0.1, 0.15) is 45.2 Å². The van der Waals surface area contributed by atoms with Gasteiger partial charge in [-0.1, -0.05) is 29.8 Å². The first-order valence-electron chi connectivity index (χ1n) is 6.28. The Morgan fingerprint density at radius 3 is 2.61 bits per heavy atom. The highest BCUT2D eigenvalue weighted by molar-refractivity contribution is 5.99. The Morgan fingerprint density at radius 2 is 1.89 bits per heavy atom. The van der Waals surface area contributed by atoms with Gasteiger partial charge in [0.15, 0.2) is 5.78 Å². The van der Waals surface area contributed by atoms with Crippen LogP contribution < -0.4 is 0 Å². The third kappa shape index (κ3) is 1.76.